The van der Waals surface area contributed by atoms with Crippen LogP contribution in [0.4, 0.5) is 5.82 Å². The highest BCUT2D eigenvalue weighted by Crippen LogP contribution is 2.23. The van der Waals surface area contributed by atoms with Crippen LogP contribution in [-0.2, 0) is 0 Å². The minimum atomic E-state index is -0.0147. The zero-order valence-corrected chi connectivity index (χ0v) is 9.83. The molecule has 2 rings (SSSR count). The van der Waals surface area contributed by atoms with E-state index in [0.29, 0.717) is 17.1 Å². The molecule has 0 saturated carbocycles. The number of hydrogen-bond acceptors (Lipinski definition) is 5. The summed E-state index contributed by atoms with van der Waals surface area (Å²) in [6.45, 7) is 1.75. The molecule has 0 saturated heterocycles. The molecule has 18 heavy (non-hydrogen) atoms. The molecular weight excluding hydrogens is 230 g/mol. The van der Waals surface area contributed by atoms with E-state index in [1.54, 1.807) is 25.3 Å². The van der Waals surface area contributed by atoms with Gasteiger partial charge in [-0.15, -0.1) is 0 Å². The number of nitrogens with zero attached hydrogens (tertiary/aromatic N) is 2. The van der Waals surface area contributed by atoms with Crippen LogP contribution in [0.25, 0.3) is 0 Å². The van der Waals surface area contributed by atoms with Gasteiger partial charge in [-0.25, -0.2) is 4.98 Å². The molecule has 5 nitrogen and oxygen atoms in total. The fraction of sp³-hybridized carbons (Fsp3) is 0.0769. The first-order valence-electron chi connectivity index (χ1n) is 5.40. The van der Waals surface area contributed by atoms with E-state index in [9.17, 15) is 10.2 Å². The van der Waals surface area contributed by atoms with E-state index in [-0.39, 0.29) is 11.5 Å². The van der Waals surface area contributed by atoms with Crippen molar-refractivity contribution in [3.05, 3.63) is 48.2 Å². The number of pyridine rings is 1. The number of phenols is 2. The predicted molar refractivity (Wildman–Crippen MR) is 69.8 cm³/mol. The highest BCUT2D eigenvalue weighted by molar-refractivity contribution is 6.01. The molecule has 0 radical (unpaired) electrons. The first-order valence-corrected chi connectivity index (χ1v) is 5.40. The summed E-state index contributed by atoms with van der Waals surface area (Å²) in [6, 6.07) is 9.81. The zero-order chi connectivity index (χ0) is 13.0. The maximum atomic E-state index is 9.67. The summed E-state index contributed by atoms with van der Waals surface area (Å²) in [7, 11) is 0. The maximum absolute atomic E-state index is 9.67. The summed E-state index contributed by atoms with van der Waals surface area (Å²) in [5.74, 6) is 0.621. The van der Waals surface area contributed by atoms with E-state index in [2.05, 4.69) is 15.5 Å². The topological polar surface area (TPSA) is 77.7 Å². The monoisotopic (exact) mass is 243 g/mol. The summed E-state index contributed by atoms with van der Waals surface area (Å²) >= 11 is 0. The number of nitrogens with one attached hydrogen (secondary N) is 1. The van der Waals surface area contributed by atoms with Crippen molar-refractivity contribution in [2.45, 2.75) is 6.92 Å². The number of hydrazone groups is 1. The normalized spacial score (nSPS) is 11.3. The third-order valence-corrected chi connectivity index (χ3v) is 2.37. The molecule has 0 atom stereocenters. The summed E-state index contributed by atoms with van der Waals surface area (Å²) in [4.78, 5) is 4.06. The third-order valence-electron chi connectivity index (χ3n) is 2.37. The minimum Gasteiger partial charge on any atom is -0.508 e. The number of phenolic OH excluding ortho intramolecular Hbond substituents is 2. The number of anilines is 1. The summed E-state index contributed by atoms with van der Waals surface area (Å²) in [5.41, 5.74) is 3.94. The number of hydrogen-bond donors (Lipinski definition) is 3. The summed E-state index contributed by atoms with van der Waals surface area (Å²) in [6.07, 6.45) is 1.66. The molecule has 0 spiro atoms. The van der Waals surface area contributed by atoms with Crippen LogP contribution in [0.3, 0.4) is 0 Å². The van der Waals surface area contributed by atoms with E-state index in [4.69, 9.17) is 0 Å². The molecule has 1 aromatic carbocycles. The van der Waals surface area contributed by atoms with Crippen LogP contribution >= 0.6 is 0 Å². The highest BCUT2D eigenvalue weighted by atomic mass is 16.3. The molecule has 0 fully saturated rings. The highest BCUT2D eigenvalue weighted by Gasteiger charge is 2.05. The Hall–Kier alpha value is -2.56. The van der Waals surface area contributed by atoms with Crippen LogP contribution < -0.4 is 5.43 Å². The fourth-order valence-corrected chi connectivity index (χ4v) is 1.46. The maximum Gasteiger partial charge on any atom is 0.146 e. The average Bonchev–Trinajstić information content (AvgIpc) is 2.37. The molecule has 1 aromatic heterocycles. The van der Waals surface area contributed by atoms with E-state index >= 15 is 0 Å². The smallest absolute Gasteiger partial charge is 0.146 e. The van der Waals surface area contributed by atoms with E-state index in [1.165, 1.54) is 12.1 Å². The Morgan fingerprint density at radius 2 is 2.06 bits per heavy atom. The van der Waals surface area contributed by atoms with Crippen LogP contribution in [-0.4, -0.2) is 20.9 Å². The lowest BCUT2D eigenvalue weighted by molar-refractivity contribution is 0.450. The van der Waals surface area contributed by atoms with Crippen LogP contribution in [0, 0.1) is 0 Å². The van der Waals surface area contributed by atoms with Crippen molar-refractivity contribution in [1.82, 2.24) is 4.98 Å². The molecule has 0 aliphatic carbocycles. The zero-order valence-electron chi connectivity index (χ0n) is 9.83. The average molecular weight is 243 g/mol. The van der Waals surface area contributed by atoms with Crippen molar-refractivity contribution >= 4 is 11.5 Å². The molecule has 92 valence electrons. The molecule has 5 heteroatoms. The van der Waals surface area contributed by atoms with Crippen molar-refractivity contribution < 1.29 is 10.2 Å². The van der Waals surface area contributed by atoms with Gasteiger partial charge in [0.25, 0.3) is 0 Å². The molecule has 1 heterocycles. The Balaban J connectivity index is 2.18. The van der Waals surface area contributed by atoms with Gasteiger partial charge in [-0.2, -0.15) is 5.10 Å². The van der Waals surface area contributed by atoms with Crippen molar-refractivity contribution in [1.29, 1.82) is 0 Å². The predicted octanol–water partition coefficient (Wildman–Crippen LogP) is 2.33. The molecule has 3 N–H and O–H groups in total. The van der Waals surface area contributed by atoms with E-state index in [0.717, 1.165) is 0 Å². The van der Waals surface area contributed by atoms with Gasteiger partial charge in [-0.05, 0) is 31.2 Å². The molecule has 0 bridgehead atoms. The summed E-state index contributed by atoms with van der Waals surface area (Å²) in [5, 5.41) is 23.0. The Bertz CT molecular complexity index is 568. The molecule has 0 amide bonds. The first kappa shape index (κ1) is 11.9. The standard InChI is InChI=1S/C13H13N3O2/c1-9(11-6-5-10(17)8-12(11)18)15-16-13-4-2-3-7-14-13/h2-8,17-18H,1H3,(H,14,16)/b15-9+. The Labute approximate surface area is 104 Å². The minimum absolute atomic E-state index is 0.0147. The second-order valence-electron chi connectivity index (χ2n) is 3.73. The second-order valence-corrected chi connectivity index (χ2v) is 3.73. The molecule has 0 aliphatic heterocycles. The van der Waals surface area contributed by atoms with Crippen molar-refractivity contribution in [3.8, 4) is 11.5 Å². The van der Waals surface area contributed by atoms with Crippen LogP contribution in [0.15, 0.2) is 47.7 Å². The van der Waals surface area contributed by atoms with Crippen LogP contribution in [0.2, 0.25) is 0 Å². The van der Waals surface area contributed by atoms with Gasteiger partial charge in [0.05, 0.1) is 5.71 Å². The van der Waals surface area contributed by atoms with Gasteiger partial charge in [0, 0.05) is 17.8 Å². The van der Waals surface area contributed by atoms with Crippen molar-refractivity contribution in [2.75, 3.05) is 5.43 Å². The second kappa shape index (κ2) is 5.18. The number of benzene rings is 1. The van der Waals surface area contributed by atoms with E-state index in [1.807, 2.05) is 12.1 Å². The van der Waals surface area contributed by atoms with Crippen molar-refractivity contribution in [3.63, 3.8) is 0 Å². The van der Waals surface area contributed by atoms with Gasteiger partial charge in [-0.3, -0.25) is 5.43 Å². The molecule has 0 aliphatic rings. The molecule has 2 aromatic rings. The number of rotatable bonds is 3. The quantitative estimate of drug-likeness (QED) is 0.571. The Morgan fingerprint density at radius 1 is 1.22 bits per heavy atom. The van der Waals surface area contributed by atoms with Crippen LogP contribution in [0.1, 0.15) is 12.5 Å². The SMILES string of the molecule is C/C(=N\Nc1ccccn1)c1ccc(O)cc1O. The van der Waals surface area contributed by atoms with Gasteiger partial charge in [0.2, 0.25) is 0 Å². The summed E-state index contributed by atoms with van der Waals surface area (Å²) < 4.78 is 0. The molecule has 0 unspecified atom stereocenters. The van der Waals surface area contributed by atoms with Gasteiger partial charge in [0.15, 0.2) is 0 Å². The fourth-order valence-electron chi connectivity index (χ4n) is 1.46. The lowest BCUT2D eigenvalue weighted by atomic mass is 10.1. The Kier molecular flexibility index (Phi) is 3.43. The first-order chi connectivity index (χ1) is 8.66. The van der Waals surface area contributed by atoms with Gasteiger partial charge < -0.3 is 10.2 Å². The van der Waals surface area contributed by atoms with Gasteiger partial charge >= 0.3 is 0 Å². The third kappa shape index (κ3) is 2.76. The lowest BCUT2D eigenvalue weighted by Crippen LogP contribution is -2.00. The largest absolute Gasteiger partial charge is 0.508 e. The number of aromatic nitrogens is 1. The van der Waals surface area contributed by atoms with Gasteiger partial charge in [-0.1, -0.05) is 6.07 Å². The van der Waals surface area contributed by atoms with E-state index < -0.39 is 0 Å². The molecular formula is C13H13N3O2. The van der Waals surface area contributed by atoms with Gasteiger partial charge in [0.1, 0.15) is 17.3 Å². The lowest BCUT2D eigenvalue weighted by Gasteiger charge is -2.05. The Morgan fingerprint density at radius 3 is 2.72 bits per heavy atom. The van der Waals surface area contributed by atoms with Crippen LogP contribution in [0.5, 0.6) is 11.5 Å². The van der Waals surface area contributed by atoms with Crippen molar-refractivity contribution in [2.24, 2.45) is 5.10 Å². The number of aromatic hydroxyl groups is 2.